The summed E-state index contributed by atoms with van der Waals surface area (Å²) < 4.78 is 22.8. The topological polar surface area (TPSA) is 59.1 Å². The van der Waals surface area contributed by atoms with Crippen molar-refractivity contribution in [3.05, 3.63) is 15.6 Å². The normalized spacial score (nSPS) is 20.9. The predicted octanol–water partition coefficient (Wildman–Crippen LogP) is 2.49. The Bertz CT molecular complexity index is 538. The van der Waals surface area contributed by atoms with Crippen LogP contribution < -0.4 is 5.32 Å². The van der Waals surface area contributed by atoms with Gasteiger partial charge in [-0.3, -0.25) is 0 Å². The van der Waals surface area contributed by atoms with E-state index in [0.717, 1.165) is 31.5 Å². The van der Waals surface area contributed by atoms with Gasteiger partial charge in [-0.05, 0) is 45.6 Å². The average Bonchev–Trinajstić information content (AvgIpc) is 2.78. The van der Waals surface area contributed by atoms with Crippen molar-refractivity contribution >= 4 is 21.2 Å². The minimum absolute atomic E-state index is 0.298. The smallest absolute Gasteiger partial charge is 0.150 e. The summed E-state index contributed by atoms with van der Waals surface area (Å²) in [6, 6.07) is 0.298. The van der Waals surface area contributed by atoms with Crippen LogP contribution in [0.25, 0.3) is 0 Å². The van der Waals surface area contributed by atoms with Gasteiger partial charge in [0.25, 0.3) is 0 Å². The second-order valence-electron chi connectivity index (χ2n) is 5.64. The van der Waals surface area contributed by atoms with Crippen LogP contribution in [0, 0.1) is 12.8 Å². The summed E-state index contributed by atoms with van der Waals surface area (Å²) in [7, 11) is -2.75. The molecule has 2 heterocycles. The van der Waals surface area contributed by atoms with Gasteiger partial charge in [0.15, 0.2) is 0 Å². The lowest BCUT2D eigenvalue weighted by Gasteiger charge is -2.24. The zero-order valence-electron chi connectivity index (χ0n) is 12.5. The van der Waals surface area contributed by atoms with Crippen molar-refractivity contribution in [1.29, 1.82) is 0 Å². The molecule has 1 fully saturated rings. The molecule has 0 aliphatic carbocycles. The molecule has 4 nitrogen and oxygen atoms in total. The molecule has 6 heteroatoms. The molecule has 0 bridgehead atoms. The number of hydrogen-bond acceptors (Lipinski definition) is 5. The highest BCUT2D eigenvalue weighted by Gasteiger charge is 2.24. The Balaban J connectivity index is 1.86. The van der Waals surface area contributed by atoms with E-state index in [1.165, 1.54) is 9.88 Å². The Morgan fingerprint density at radius 1 is 1.40 bits per heavy atom. The van der Waals surface area contributed by atoms with E-state index in [9.17, 15) is 8.42 Å². The largest absolute Gasteiger partial charge is 0.309 e. The molecule has 1 unspecified atom stereocenters. The van der Waals surface area contributed by atoms with Crippen molar-refractivity contribution in [1.82, 2.24) is 10.3 Å². The molecule has 0 aromatic carbocycles. The Hall–Kier alpha value is -0.460. The van der Waals surface area contributed by atoms with E-state index in [-0.39, 0.29) is 0 Å². The summed E-state index contributed by atoms with van der Waals surface area (Å²) >= 11 is 1.78. The predicted molar refractivity (Wildman–Crippen MR) is 84.0 cm³/mol. The molecule has 20 heavy (non-hydrogen) atoms. The zero-order valence-corrected chi connectivity index (χ0v) is 14.1. The van der Waals surface area contributed by atoms with E-state index in [2.05, 4.69) is 31.1 Å². The van der Waals surface area contributed by atoms with Gasteiger partial charge in [-0.15, -0.1) is 11.3 Å². The standard InChI is InChI=1S/C14H24N2O2S2/c1-4-13-16-11(3)14(19-13)10(2)15-9-12-5-7-20(17,18)8-6-12/h10,12,15H,4-9H2,1-3H3. The first-order chi connectivity index (χ1) is 9.41. The number of rotatable bonds is 5. The molecular weight excluding hydrogens is 292 g/mol. The molecule has 1 aromatic rings. The van der Waals surface area contributed by atoms with Crippen LogP contribution in [0.4, 0.5) is 0 Å². The van der Waals surface area contributed by atoms with Crippen LogP contribution in [-0.2, 0) is 16.3 Å². The number of sulfone groups is 1. The van der Waals surface area contributed by atoms with Crippen LogP contribution in [0.15, 0.2) is 0 Å². The van der Waals surface area contributed by atoms with Crippen molar-refractivity contribution in [2.24, 2.45) is 5.92 Å². The number of aryl methyl sites for hydroxylation is 2. The van der Waals surface area contributed by atoms with Crippen LogP contribution in [0.5, 0.6) is 0 Å². The maximum absolute atomic E-state index is 11.4. The van der Waals surface area contributed by atoms with E-state index in [1.807, 2.05) is 0 Å². The first-order valence-electron chi connectivity index (χ1n) is 7.31. The van der Waals surface area contributed by atoms with Crippen molar-refractivity contribution < 1.29 is 8.42 Å². The van der Waals surface area contributed by atoms with Crippen molar-refractivity contribution in [2.75, 3.05) is 18.1 Å². The fraction of sp³-hybridized carbons (Fsp3) is 0.786. The van der Waals surface area contributed by atoms with Gasteiger partial charge in [-0.25, -0.2) is 13.4 Å². The first kappa shape index (κ1) is 15.9. The van der Waals surface area contributed by atoms with Gasteiger partial charge in [0.1, 0.15) is 9.84 Å². The lowest BCUT2D eigenvalue weighted by atomic mass is 10.0. The third-order valence-electron chi connectivity index (χ3n) is 3.96. The maximum atomic E-state index is 11.4. The minimum atomic E-state index is -2.75. The van der Waals surface area contributed by atoms with Crippen LogP contribution >= 0.6 is 11.3 Å². The van der Waals surface area contributed by atoms with E-state index in [0.29, 0.717) is 23.5 Å². The van der Waals surface area contributed by atoms with Crippen molar-refractivity contribution in [3.8, 4) is 0 Å². The van der Waals surface area contributed by atoms with Crippen LogP contribution in [-0.4, -0.2) is 31.5 Å². The van der Waals surface area contributed by atoms with Crippen LogP contribution in [0.2, 0.25) is 0 Å². The second-order valence-corrected chi connectivity index (χ2v) is 9.05. The van der Waals surface area contributed by atoms with Crippen molar-refractivity contribution in [2.45, 2.75) is 46.1 Å². The Morgan fingerprint density at radius 2 is 2.05 bits per heavy atom. The number of aromatic nitrogens is 1. The van der Waals surface area contributed by atoms with Gasteiger partial charge < -0.3 is 5.32 Å². The van der Waals surface area contributed by atoms with E-state index in [1.54, 1.807) is 11.3 Å². The minimum Gasteiger partial charge on any atom is -0.309 e. The molecule has 114 valence electrons. The molecule has 0 radical (unpaired) electrons. The Morgan fingerprint density at radius 3 is 2.60 bits per heavy atom. The van der Waals surface area contributed by atoms with Gasteiger partial charge in [-0.2, -0.15) is 0 Å². The number of nitrogens with zero attached hydrogens (tertiary/aromatic N) is 1. The number of hydrogen-bond donors (Lipinski definition) is 1. The quantitative estimate of drug-likeness (QED) is 0.906. The monoisotopic (exact) mass is 316 g/mol. The molecule has 1 aromatic heterocycles. The van der Waals surface area contributed by atoms with Gasteiger partial charge in [0, 0.05) is 10.9 Å². The van der Waals surface area contributed by atoms with E-state index in [4.69, 9.17) is 0 Å². The third-order valence-corrected chi connectivity index (χ3v) is 7.16. The molecular formula is C14H24N2O2S2. The van der Waals surface area contributed by atoms with E-state index >= 15 is 0 Å². The molecule has 1 aliphatic rings. The molecule has 0 amide bonds. The van der Waals surface area contributed by atoms with Crippen LogP contribution in [0.1, 0.15) is 48.3 Å². The molecule has 2 rings (SSSR count). The lowest BCUT2D eigenvalue weighted by Crippen LogP contribution is -2.32. The molecule has 1 atom stereocenters. The van der Waals surface area contributed by atoms with Gasteiger partial charge in [-0.1, -0.05) is 6.92 Å². The van der Waals surface area contributed by atoms with Gasteiger partial charge >= 0.3 is 0 Å². The molecule has 1 saturated heterocycles. The summed E-state index contributed by atoms with van der Waals surface area (Å²) in [5.41, 5.74) is 1.12. The average molecular weight is 316 g/mol. The molecule has 0 spiro atoms. The van der Waals surface area contributed by atoms with Gasteiger partial charge in [0.2, 0.25) is 0 Å². The SMILES string of the molecule is CCc1nc(C)c(C(C)NCC2CCS(=O)(=O)CC2)s1. The van der Waals surface area contributed by atoms with Gasteiger partial charge in [0.05, 0.1) is 22.2 Å². The zero-order chi connectivity index (χ0) is 14.8. The lowest BCUT2D eigenvalue weighted by molar-refractivity contribution is 0.411. The second kappa shape index (κ2) is 6.54. The number of thiazole rings is 1. The van der Waals surface area contributed by atoms with E-state index < -0.39 is 9.84 Å². The Labute approximate surface area is 125 Å². The summed E-state index contributed by atoms with van der Waals surface area (Å²) in [5, 5.41) is 4.74. The third kappa shape index (κ3) is 4.02. The van der Waals surface area contributed by atoms with Crippen molar-refractivity contribution in [3.63, 3.8) is 0 Å². The highest BCUT2D eigenvalue weighted by Crippen LogP contribution is 2.26. The fourth-order valence-electron chi connectivity index (χ4n) is 2.60. The van der Waals surface area contributed by atoms with Crippen LogP contribution in [0.3, 0.4) is 0 Å². The molecule has 0 saturated carbocycles. The summed E-state index contributed by atoms with van der Waals surface area (Å²) in [6.45, 7) is 7.26. The Kier molecular flexibility index (Phi) is 5.20. The first-order valence-corrected chi connectivity index (χ1v) is 9.95. The summed E-state index contributed by atoms with van der Waals surface area (Å²) in [4.78, 5) is 5.87. The highest BCUT2D eigenvalue weighted by atomic mass is 32.2. The highest BCUT2D eigenvalue weighted by molar-refractivity contribution is 7.91. The maximum Gasteiger partial charge on any atom is 0.150 e. The summed E-state index contributed by atoms with van der Waals surface area (Å²) in [6.07, 6.45) is 2.58. The summed E-state index contributed by atoms with van der Waals surface area (Å²) in [5.74, 6) is 1.19. The number of nitrogens with one attached hydrogen (secondary N) is 1. The fourth-order valence-corrected chi connectivity index (χ4v) is 5.22. The molecule has 1 aliphatic heterocycles. The molecule has 1 N–H and O–H groups in total.